The van der Waals surface area contributed by atoms with Crippen LogP contribution in [0.1, 0.15) is 34.1 Å². The highest BCUT2D eigenvalue weighted by atomic mass is 16.4. The molecule has 4 unspecified atom stereocenters. The van der Waals surface area contributed by atoms with Gasteiger partial charge in [-0.15, -0.1) is 0 Å². The number of rotatable bonds is 10. The van der Waals surface area contributed by atoms with E-state index in [1.807, 2.05) is 13.8 Å². The van der Waals surface area contributed by atoms with E-state index in [4.69, 9.17) is 15.9 Å². The summed E-state index contributed by atoms with van der Waals surface area (Å²) in [5.41, 5.74) is 5.73. The maximum absolute atomic E-state index is 12.0. The van der Waals surface area contributed by atoms with Crippen LogP contribution in [0.3, 0.4) is 0 Å². The molecule has 0 heterocycles. The molecule has 0 aliphatic rings. The molecule has 144 valence electrons. The first-order valence-electron chi connectivity index (χ1n) is 7.99. The van der Waals surface area contributed by atoms with E-state index in [9.17, 15) is 19.2 Å². The topological polar surface area (TPSA) is 171 Å². The summed E-state index contributed by atoms with van der Waals surface area (Å²) in [4.78, 5) is 46.5. The van der Waals surface area contributed by atoms with Crippen molar-refractivity contribution in [3.8, 4) is 0 Å². The van der Waals surface area contributed by atoms with Crippen LogP contribution in [-0.2, 0) is 19.2 Å². The maximum Gasteiger partial charge on any atom is 0.328 e. The second kappa shape index (κ2) is 10.6. The zero-order valence-corrected chi connectivity index (χ0v) is 14.9. The van der Waals surface area contributed by atoms with Crippen LogP contribution in [0.2, 0.25) is 0 Å². The Balaban J connectivity index is 4.53. The largest absolute Gasteiger partial charge is 0.480 e. The van der Waals surface area contributed by atoms with E-state index < -0.39 is 54.5 Å². The van der Waals surface area contributed by atoms with E-state index in [1.165, 1.54) is 13.8 Å². The predicted molar refractivity (Wildman–Crippen MR) is 89.3 cm³/mol. The molecule has 0 fully saturated rings. The van der Waals surface area contributed by atoms with Crippen molar-refractivity contribution in [2.45, 2.75) is 58.3 Å². The molecule has 4 atom stereocenters. The summed E-state index contributed by atoms with van der Waals surface area (Å²) in [7, 11) is 0. The molecule has 0 aromatic carbocycles. The molecular weight excluding hydrogens is 332 g/mol. The summed E-state index contributed by atoms with van der Waals surface area (Å²) >= 11 is 0. The Morgan fingerprint density at radius 3 is 1.72 bits per heavy atom. The van der Waals surface area contributed by atoms with Crippen molar-refractivity contribution in [3.63, 3.8) is 0 Å². The van der Waals surface area contributed by atoms with Crippen molar-refractivity contribution in [1.29, 1.82) is 0 Å². The van der Waals surface area contributed by atoms with E-state index in [1.54, 1.807) is 0 Å². The number of aliphatic hydroxyl groups is 1. The first kappa shape index (κ1) is 22.8. The van der Waals surface area contributed by atoms with Crippen molar-refractivity contribution >= 4 is 23.7 Å². The Morgan fingerprint density at radius 1 is 0.880 bits per heavy atom. The zero-order chi connectivity index (χ0) is 19.7. The van der Waals surface area contributed by atoms with Crippen LogP contribution in [0.15, 0.2) is 0 Å². The SMILES string of the molecule is CC(C)CC(N)C(=O)NC(C)C(=O)NC(C)C(=O)NC(CO)C(=O)O. The summed E-state index contributed by atoms with van der Waals surface area (Å²) in [6.45, 7) is 5.85. The number of hydrogen-bond donors (Lipinski definition) is 6. The first-order chi connectivity index (χ1) is 11.5. The highest BCUT2D eigenvalue weighted by Crippen LogP contribution is 2.03. The fourth-order valence-corrected chi connectivity index (χ4v) is 1.89. The minimum atomic E-state index is -1.46. The van der Waals surface area contributed by atoms with E-state index in [0.717, 1.165) is 0 Å². The van der Waals surface area contributed by atoms with Gasteiger partial charge in [0.25, 0.3) is 0 Å². The molecule has 25 heavy (non-hydrogen) atoms. The highest BCUT2D eigenvalue weighted by Gasteiger charge is 2.26. The van der Waals surface area contributed by atoms with Gasteiger partial charge in [-0.2, -0.15) is 0 Å². The summed E-state index contributed by atoms with van der Waals surface area (Å²) in [5.74, 6) is -3.04. The number of nitrogens with one attached hydrogen (secondary N) is 3. The van der Waals surface area contributed by atoms with Gasteiger partial charge in [-0.3, -0.25) is 14.4 Å². The van der Waals surface area contributed by atoms with Gasteiger partial charge in [-0.05, 0) is 26.2 Å². The minimum absolute atomic E-state index is 0.224. The molecule has 10 heteroatoms. The molecule has 0 saturated heterocycles. The fourth-order valence-electron chi connectivity index (χ4n) is 1.89. The number of carboxylic acids is 1. The number of aliphatic carboxylic acids is 1. The van der Waals surface area contributed by atoms with E-state index in [2.05, 4.69) is 16.0 Å². The average Bonchev–Trinajstić information content (AvgIpc) is 2.50. The van der Waals surface area contributed by atoms with Gasteiger partial charge in [-0.25, -0.2) is 4.79 Å². The van der Waals surface area contributed by atoms with Crippen LogP contribution in [-0.4, -0.2) is 64.7 Å². The summed E-state index contributed by atoms with van der Waals surface area (Å²) in [6.07, 6.45) is 0.469. The first-order valence-corrected chi connectivity index (χ1v) is 7.99. The number of carbonyl (C=O) groups is 4. The second-order valence-corrected chi connectivity index (χ2v) is 6.28. The van der Waals surface area contributed by atoms with Crippen molar-refractivity contribution in [3.05, 3.63) is 0 Å². The van der Waals surface area contributed by atoms with E-state index in [0.29, 0.717) is 6.42 Å². The molecule has 0 spiro atoms. The molecule has 0 radical (unpaired) electrons. The molecule has 0 aliphatic heterocycles. The van der Waals surface area contributed by atoms with Gasteiger partial charge in [0, 0.05) is 0 Å². The van der Waals surface area contributed by atoms with Gasteiger partial charge in [0.1, 0.15) is 18.1 Å². The summed E-state index contributed by atoms with van der Waals surface area (Å²) in [5, 5.41) is 24.5. The number of carboxylic acid groups (broad SMARTS) is 1. The molecule has 0 saturated carbocycles. The van der Waals surface area contributed by atoms with Crippen LogP contribution in [0, 0.1) is 5.92 Å². The smallest absolute Gasteiger partial charge is 0.328 e. The number of hydrogen-bond acceptors (Lipinski definition) is 6. The lowest BCUT2D eigenvalue weighted by atomic mass is 10.0. The molecule has 0 aromatic heterocycles. The lowest BCUT2D eigenvalue weighted by molar-refractivity contribution is -0.143. The van der Waals surface area contributed by atoms with Crippen LogP contribution in [0.5, 0.6) is 0 Å². The van der Waals surface area contributed by atoms with Gasteiger partial charge in [-0.1, -0.05) is 13.8 Å². The van der Waals surface area contributed by atoms with Crippen LogP contribution in [0.4, 0.5) is 0 Å². The monoisotopic (exact) mass is 360 g/mol. The van der Waals surface area contributed by atoms with Gasteiger partial charge < -0.3 is 31.9 Å². The van der Waals surface area contributed by atoms with E-state index >= 15 is 0 Å². The van der Waals surface area contributed by atoms with Gasteiger partial charge >= 0.3 is 5.97 Å². The van der Waals surface area contributed by atoms with Crippen molar-refractivity contribution in [2.75, 3.05) is 6.61 Å². The Labute approximate surface area is 146 Å². The zero-order valence-electron chi connectivity index (χ0n) is 14.9. The molecule has 0 aromatic rings. The Bertz CT molecular complexity index is 496. The molecule has 0 aliphatic carbocycles. The standard InChI is InChI=1S/C15H28N4O6/c1-7(2)5-10(16)14(23)18-8(3)12(21)17-9(4)13(22)19-11(6-20)15(24)25/h7-11,20H,5-6,16H2,1-4H3,(H,17,21)(H,18,23)(H,19,22)(H,24,25). The van der Waals surface area contributed by atoms with E-state index in [-0.39, 0.29) is 5.92 Å². The Hall–Kier alpha value is -2.20. The van der Waals surface area contributed by atoms with Gasteiger partial charge in [0.15, 0.2) is 0 Å². The number of amides is 3. The number of aliphatic hydroxyl groups excluding tert-OH is 1. The molecule has 0 rings (SSSR count). The molecule has 3 amide bonds. The lowest BCUT2D eigenvalue weighted by Crippen LogP contribution is -2.56. The Kier molecular flexibility index (Phi) is 9.69. The molecule has 0 bridgehead atoms. The Morgan fingerprint density at radius 2 is 1.32 bits per heavy atom. The summed E-state index contributed by atoms with van der Waals surface area (Å²) < 4.78 is 0. The van der Waals surface area contributed by atoms with Crippen molar-refractivity contribution < 1.29 is 29.4 Å². The number of nitrogens with two attached hydrogens (primary N) is 1. The maximum atomic E-state index is 12.0. The quantitative estimate of drug-likeness (QED) is 0.260. The number of carbonyl (C=O) groups excluding carboxylic acids is 3. The van der Waals surface area contributed by atoms with Gasteiger partial charge in [0.2, 0.25) is 17.7 Å². The normalized spacial score (nSPS) is 15.6. The predicted octanol–water partition coefficient (Wildman–Crippen LogP) is -2.07. The van der Waals surface area contributed by atoms with Gasteiger partial charge in [0.05, 0.1) is 12.6 Å². The van der Waals surface area contributed by atoms with Crippen molar-refractivity contribution in [2.24, 2.45) is 11.7 Å². The van der Waals surface area contributed by atoms with Crippen molar-refractivity contribution in [1.82, 2.24) is 16.0 Å². The molecular formula is C15H28N4O6. The molecule has 10 nitrogen and oxygen atoms in total. The molecule has 7 N–H and O–H groups in total. The van der Waals surface area contributed by atoms with Crippen LogP contribution >= 0.6 is 0 Å². The third-order valence-electron chi connectivity index (χ3n) is 3.36. The summed E-state index contributed by atoms with van der Waals surface area (Å²) in [6, 6.07) is -4.17. The third kappa shape index (κ3) is 8.45. The van der Waals surface area contributed by atoms with Crippen LogP contribution < -0.4 is 21.7 Å². The third-order valence-corrected chi connectivity index (χ3v) is 3.36. The fraction of sp³-hybridized carbons (Fsp3) is 0.733. The average molecular weight is 360 g/mol. The van der Waals surface area contributed by atoms with Crippen LogP contribution in [0.25, 0.3) is 0 Å². The second-order valence-electron chi connectivity index (χ2n) is 6.28. The highest BCUT2D eigenvalue weighted by molar-refractivity contribution is 5.93. The minimum Gasteiger partial charge on any atom is -0.480 e. The lowest BCUT2D eigenvalue weighted by Gasteiger charge is -2.21.